The molecular formula is C18H20N9O7S2+. The zero-order valence-electron chi connectivity index (χ0n) is 18.5. The predicted octanol–water partition coefficient (Wildman–Crippen LogP) is -2.43. The van der Waals surface area contributed by atoms with Crippen molar-refractivity contribution in [2.24, 2.45) is 12.2 Å². The summed E-state index contributed by atoms with van der Waals surface area (Å²) in [5, 5.41) is 23.9. The van der Waals surface area contributed by atoms with Crippen LogP contribution >= 0.6 is 23.3 Å². The number of aliphatic carboxylic acids is 2. The lowest BCUT2D eigenvalue weighted by atomic mass is 10.0. The molecule has 2 atom stereocenters. The molecular weight excluding hydrogens is 518 g/mol. The van der Waals surface area contributed by atoms with E-state index in [0.29, 0.717) is 11.4 Å². The maximum Gasteiger partial charge on any atom is 0.352 e. The van der Waals surface area contributed by atoms with E-state index in [0.717, 1.165) is 16.4 Å². The third kappa shape index (κ3) is 4.67. The van der Waals surface area contributed by atoms with Gasteiger partial charge in [-0.25, -0.2) is 9.59 Å². The predicted molar refractivity (Wildman–Crippen MR) is 124 cm³/mol. The zero-order chi connectivity index (χ0) is 26.1. The first-order valence-electron chi connectivity index (χ1n) is 10.1. The fourth-order valence-electron chi connectivity index (χ4n) is 3.55. The number of hydrogen-bond donors (Lipinski definition) is 5. The van der Waals surface area contributed by atoms with E-state index >= 15 is 0 Å². The highest BCUT2D eigenvalue weighted by atomic mass is 32.2. The van der Waals surface area contributed by atoms with Crippen molar-refractivity contribution in [3.8, 4) is 0 Å². The van der Waals surface area contributed by atoms with Crippen LogP contribution in [0.2, 0.25) is 0 Å². The number of thioether (sulfide) groups is 1. The van der Waals surface area contributed by atoms with Crippen LogP contribution in [-0.2, 0) is 37.6 Å². The van der Waals surface area contributed by atoms with Crippen LogP contribution < -0.4 is 21.5 Å². The van der Waals surface area contributed by atoms with E-state index in [1.165, 1.54) is 11.8 Å². The lowest BCUT2D eigenvalue weighted by Gasteiger charge is -2.49. The molecule has 36 heavy (non-hydrogen) atoms. The number of carboxylic acid groups (broad SMARTS) is 2. The topological polar surface area (TPSA) is 232 Å². The van der Waals surface area contributed by atoms with E-state index in [-0.39, 0.29) is 29.0 Å². The van der Waals surface area contributed by atoms with Gasteiger partial charge in [-0.2, -0.15) is 9.36 Å². The summed E-state index contributed by atoms with van der Waals surface area (Å²) >= 11 is 2.05. The second-order valence-corrected chi connectivity index (χ2v) is 9.43. The number of aromatic nitrogens is 4. The number of oxime groups is 1. The van der Waals surface area contributed by atoms with Crippen LogP contribution in [0.15, 0.2) is 28.7 Å². The Morgan fingerprint density at radius 3 is 2.69 bits per heavy atom. The van der Waals surface area contributed by atoms with E-state index in [1.54, 1.807) is 28.7 Å². The number of nitrogens with two attached hydrogens (primary N) is 2. The van der Waals surface area contributed by atoms with E-state index in [4.69, 9.17) is 16.6 Å². The number of fused-ring (bicyclic) bond motifs is 1. The van der Waals surface area contributed by atoms with Crippen molar-refractivity contribution in [3.05, 3.63) is 29.4 Å². The van der Waals surface area contributed by atoms with Gasteiger partial charge in [0.25, 0.3) is 11.8 Å². The molecule has 2 aromatic rings. The van der Waals surface area contributed by atoms with Crippen molar-refractivity contribution in [1.29, 1.82) is 0 Å². The van der Waals surface area contributed by atoms with Gasteiger partial charge in [-0.1, -0.05) is 5.16 Å². The van der Waals surface area contributed by atoms with Gasteiger partial charge in [0.15, 0.2) is 23.7 Å². The molecule has 0 aliphatic carbocycles. The fraction of sp³-hybridized carbons (Fsp3) is 0.333. The number of β-lactam (4-membered cyclic amide) rings is 1. The number of carbonyl (C=O) groups excluding carboxylic acids is 2. The minimum atomic E-state index is -1.33. The van der Waals surface area contributed by atoms with E-state index < -0.39 is 47.5 Å². The Morgan fingerprint density at radius 2 is 2.11 bits per heavy atom. The number of carboxylic acids is 2. The molecule has 4 heterocycles. The standard InChI is InChI=1S/C18H19N9O7S2/c1-25-8(19)2-3-26(25)4-7-6-35-16-11(15(31)27(16)12(7)17(32)33)21-14(30)10(23-34-5-9(28)29)13-22-18(20)36-24-13/h2-3,11,16,19H,4-6H2,1H3,(H5,20,21,22,24,28,29,30,32,33)/p+1/t11-,16-/m1/s1. The van der Waals surface area contributed by atoms with Gasteiger partial charge >= 0.3 is 11.9 Å². The van der Waals surface area contributed by atoms with Gasteiger partial charge in [-0.05, 0) is 0 Å². The van der Waals surface area contributed by atoms with E-state index in [9.17, 15) is 24.3 Å². The molecule has 2 aromatic heterocycles. The van der Waals surface area contributed by atoms with Gasteiger partial charge in [-0.15, -0.1) is 21.1 Å². The zero-order valence-corrected chi connectivity index (χ0v) is 20.2. The second kappa shape index (κ2) is 9.82. The Kier molecular flexibility index (Phi) is 6.80. The molecule has 18 heteroatoms. The molecule has 0 bridgehead atoms. The van der Waals surface area contributed by atoms with Crippen molar-refractivity contribution in [3.63, 3.8) is 0 Å². The van der Waals surface area contributed by atoms with Crippen molar-refractivity contribution in [1.82, 2.24) is 24.3 Å². The molecule has 0 aromatic carbocycles. The number of rotatable bonds is 9. The van der Waals surface area contributed by atoms with Gasteiger partial charge in [0, 0.05) is 22.9 Å². The van der Waals surface area contributed by atoms with Crippen molar-refractivity contribution in [2.75, 3.05) is 23.8 Å². The Morgan fingerprint density at radius 1 is 1.36 bits per heavy atom. The minimum Gasteiger partial charge on any atom is -0.479 e. The van der Waals surface area contributed by atoms with Gasteiger partial charge in [0.2, 0.25) is 18.1 Å². The number of anilines is 2. The highest BCUT2D eigenvalue weighted by molar-refractivity contribution is 8.00. The van der Waals surface area contributed by atoms with Crippen molar-refractivity contribution < 1.29 is 38.9 Å². The number of hydrogen-bond acceptors (Lipinski definition) is 12. The maximum atomic E-state index is 13.0. The first-order valence-corrected chi connectivity index (χ1v) is 11.9. The number of amides is 2. The van der Waals surface area contributed by atoms with E-state index in [1.807, 2.05) is 0 Å². The van der Waals surface area contributed by atoms with Gasteiger partial charge in [0.1, 0.15) is 17.1 Å². The van der Waals surface area contributed by atoms with Gasteiger partial charge in [0.05, 0.1) is 13.1 Å². The minimum absolute atomic E-state index is 0.0269. The van der Waals surface area contributed by atoms with Crippen LogP contribution in [0, 0.1) is 0 Å². The molecule has 1 saturated heterocycles. The normalized spacial score (nSPS) is 19.5. The molecule has 2 aliphatic rings. The number of nitrogens with zero attached hydrogens (tertiary/aromatic N) is 6. The Bertz CT molecular complexity index is 1320. The smallest absolute Gasteiger partial charge is 0.352 e. The molecule has 0 unspecified atom stereocenters. The quantitative estimate of drug-likeness (QED) is 0.0971. The first kappa shape index (κ1) is 24.9. The molecule has 2 amide bonds. The second-order valence-electron chi connectivity index (χ2n) is 7.54. The van der Waals surface area contributed by atoms with Gasteiger partial charge in [-0.3, -0.25) is 14.5 Å². The van der Waals surface area contributed by atoms with Crippen LogP contribution in [0.1, 0.15) is 5.82 Å². The molecule has 1 fully saturated rings. The van der Waals surface area contributed by atoms with E-state index in [2.05, 4.69) is 24.7 Å². The average molecular weight is 539 g/mol. The SMILES string of the molecule is Cn1c(N)cc[n+]1CC1=C(C(=O)O)N2C(=O)[C@@H](NC(=O)C(=NOCC(=O)O)c3nsc(N)n3)[C@H]2SC1. The van der Waals surface area contributed by atoms with Crippen LogP contribution in [0.3, 0.4) is 0 Å². The molecule has 4 rings (SSSR count). The fourth-order valence-corrected chi connectivity index (χ4v) is 5.32. The number of carbonyl (C=O) groups is 4. The molecule has 0 saturated carbocycles. The van der Waals surface area contributed by atoms with Crippen LogP contribution in [-0.4, -0.2) is 82.4 Å². The van der Waals surface area contributed by atoms with Crippen molar-refractivity contribution >= 4 is 63.7 Å². The number of nitrogens with one attached hydrogen (secondary N) is 1. The third-order valence-electron chi connectivity index (χ3n) is 5.28. The molecule has 16 nitrogen and oxygen atoms in total. The largest absolute Gasteiger partial charge is 0.479 e. The monoisotopic (exact) mass is 538 g/mol. The Balaban J connectivity index is 1.53. The Hall–Kier alpha value is -4.19. The molecule has 190 valence electrons. The number of nitrogen functional groups attached to an aromatic ring is 2. The van der Waals surface area contributed by atoms with Crippen molar-refractivity contribution in [2.45, 2.75) is 18.0 Å². The summed E-state index contributed by atoms with van der Waals surface area (Å²) in [5.41, 5.74) is 11.2. The highest BCUT2D eigenvalue weighted by Crippen LogP contribution is 2.40. The molecule has 2 aliphatic heterocycles. The summed E-state index contributed by atoms with van der Waals surface area (Å²) in [5.74, 6) is -3.60. The van der Waals surface area contributed by atoms with Crippen LogP contribution in [0.4, 0.5) is 10.9 Å². The summed E-state index contributed by atoms with van der Waals surface area (Å²) in [6, 6.07) is 0.599. The maximum absolute atomic E-state index is 13.0. The third-order valence-corrected chi connectivity index (χ3v) is 7.16. The lowest BCUT2D eigenvalue weighted by molar-refractivity contribution is -0.765. The summed E-state index contributed by atoms with van der Waals surface area (Å²) in [7, 11) is 1.72. The summed E-state index contributed by atoms with van der Waals surface area (Å²) in [6.45, 7) is -0.629. The Labute approximate surface area is 210 Å². The van der Waals surface area contributed by atoms with Crippen LogP contribution in [0.25, 0.3) is 0 Å². The summed E-state index contributed by atoms with van der Waals surface area (Å²) < 4.78 is 7.23. The van der Waals surface area contributed by atoms with Crippen LogP contribution in [0.5, 0.6) is 0 Å². The summed E-state index contributed by atoms with van der Waals surface area (Å²) in [4.78, 5) is 58.3. The molecule has 7 N–H and O–H groups in total. The first-order chi connectivity index (χ1) is 17.1. The average Bonchev–Trinajstić information content (AvgIpc) is 3.39. The van der Waals surface area contributed by atoms with Gasteiger partial charge < -0.3 is 31.8 Å². The molecule has 0 spiro atoms. The lowest BCUT2D eigenvalue weighted by Crippen LogP contribution is -2.71. The highest BCUT2D eigenvalue weighted by Gasteiger charge is 2.55. The summed E-state index contributed by atoms with van der Waals surface area (Å²) in [6.07, 6.45) is 1.70. The molecule has 0 radical (unpaired) electrons.